The molecule has 0 aliphatic carbocycles. The number of amides is 1. The topological polar surface area (TPSA) is 59.0 Å². The van der Waals surface area contributed by atoms with E-state index in [1.54, 1.807) is 6.20 Å². The normalized spacial score (nSPS) is 19.9. The number of carbonyl (C=O) groups is 1. The molecule has 1 aromatic carbocycles. The monoisotopic (exact) mass is 396 g/mol. The molecule has 0 radical (unpaired) electrons. The van der Waals surface area contributed by atoms with Crippen LogP contribution in [0.15, 0.2) is 30.5 Å². The quantitative estimate of drug-likeness (QED) is 0.825. The maximum atomic E-state index is 12.9. The maximum Gasteiger partial charge on any atom is 0.255 e. The molecule has 1 saturated heterocycles. The van der Waals surface area contributed by atoms with E-state index in [9.17, 15) is 4.79 Å². The second kappa shape index (κ2) is 8.89. The fraction of sp³-hybridized carbons (Fsp3) is 0.474. The van der Waals surface area contributed by atoms with Crippen LogP contribution >= 0.6 is 24.0 Å². The van der Waals surface area contributed by atoms with E-state index in [1.165, 1.54) is 0 Å². The summed E-state index contributed by atoms with van der Waals surface area (Å²) >= 11 is 5.98. The molecule has 2 heterocycles. The van der Waals surface area contributed by atoms with E-state index in [2.05, 4.69) is 36.5 Å². The molecule has 1 fully saturated rings. The van der Waals surface area contributed by atoms with Crippen LogP contribution in [0.1, 0.15) is 49.2 Å². The lowest BCUT2D eigenvalue weighted by atomic mass is 9.94. The number of nitrogens with one attached hydrogen (secondary N) is 2. The molecular weight excluding hydrogens is 371 g/mol. The van der Waals surface area contributed by atoms with Crippen LogP contribution in [-0.2, 0) is 0 Å². The molecule has 2 aromatic rings. The number of piperidine rings is 1. The Morgan fingerprint density at radius 1 is 1.35 bits per heavy atom. The van der Waals surface area contributed by atoms with E-state index < -0.39 is 0 Å². The molecule has 1 amide bonds. The minimum Gasteiger partial charge on any atom is -0.349 e. The summed E-state index contributed by atoms with van der Waals surface area (Å²) in [6.45, 7) is 8.20. The molecular formula is C19H26Cl2N4O. The van der Waals surface area contributed by atoms with Gasteiger partial charge in [0.15, 0.2) is 0 Å². The van der Waals surface area contributed by atoms with Gasteiger partial charge in [-0.05, 0) is 55.6 Å². The van der Waals surface area contributed by atoms with Gasteiger partial charge in [0.1, 0.15) is 0 Å². The van der Waals surface area contributed by atoms with Crippen LogP contribution in [0.2, 0.25) is 5.02 Å². The van der Waals surface area contributed by atoms with Crippen LogP contribution < -0.4 is 10.6 Å². The summed E-state index contributed by atoms with van der Waals surface area (Å²) in [5, 5.41) is 11.7. The first-order chi connectivity index (χ1) is 12.0. The van der Waals surface area contributed by atoms with Gasteiger partial charge in [-0.3, -0.25) is 4.79 Å². The summed E-state index contributed by atoms with van der Waals surface area (Å²) in [7, 11) is 0. The zero-order valence-electron chi connectivity index (χ0n) is 15.3. The first-order valence-corrected chi connectivity index (χ1v) is 9.20. The van der Waals surface area contributed by atoms with Crippen molar-refractivity contribution in [3.8, 4) is 5.69 Å². The Morgan fingerprint density at radius 2 is 2.04 bits per heavy atom. The van der Waals surface area contributed by atoms with Crippen LogP contribution in [-0.4, -0.2) is 34.8 Å². The molecule has 0 saturated carbocycles. The number of carbonyl (C=O) groups excluding carboxylic acids is 1. The van der Waals surface area contributed by atoms with Crippen molar-refractivity contribution in [3.63, 3.8) is 0 Å². The van der Waals surface area contributed by atoms with Crippen molar-refractivity contribution in [2.45, 2.75) is 39.2 Å². The number of halogens is 2. The van der Waals surface area contributed by atoms with Gasteiger partial charge in [0.2, 0.25) is 0 Å². The highest BCUT2D eigenvalue weighted by atomic mass is 35.5. The first kappa shape index (κ1) is 20.7. The van der Waals surface area contributed by atoms with Gasteiger partial charge >= 0.3 is 0 Å². The second-order valence-electron chi connectivity index (χ2n) is 7.04. The Hall–Kier alpha value is -1.56. The summed E-state index contributed by atoms with van der Waals surface area (Å²) in [4.78, 5) is 12.9. The number of aromatic nitrogens is 2. The third-order valence-electron chi connectivity index (χ3n) is 4.77. The molecule has 2 unspecified atom stereocenters. The van der Waals surface area contributed by atoms with Crippen molar-refractivity contribution in [3.05, 3.63) is 46.7 Å². The highest BCUT2D eigenvalue weighted by Crippen LogP contribution is 2.24. The third kappa shape index (κ3) is 4.40. The number of hydrogen-bond donors (Lipinski definition) is 2. The van der Waals surface area contributed by atoms with Crippen LogP contribution in [0.5, 0.6) is 0 Å². The smallest absolute Gasteiger partial charge is 0.255 e. The Morgan fingerprint density at radius 3 is 2.65 bits per heavy atom. The predicted molar refractivity (Wildman–Crippen MR) is 108 cm³/mol. The van der Waals surface area contributed by atoms with E-state index in [1.807, 2.05) is 28.9 Å². The molecule has 5 nitrogen and oxygen atoms in total. The van der Waals surface area contributed by atoms with Crippen LogP contribution in [0.4, 0.5) is 0 Å². The first-order valence-electron chi connectivity index (χ1n) is 8.82. The van der Waals surface area contributed by atoms with Gasteiger partial charge < -0.3 is 10.6 Å². The Labute approximate surface area is 165 Å². The highest BCUT2D eigenvalue weighted by molar-refractivity contribution is 6.30. The zero-order chi connectivity index (χ0) is 18.0. The molecule has 26 heavy (non-hydrogen) atoms. The number of rotatable bonds is 4. The lowest BCUT2D eigenvalue weighted by molar-refractivity contribution is 0.0913. The third-order valence-corrected chi connectivity index (χ3v) is 5.02. The maximum absolute atomic E-state index is 12.9. The Bertz CT molecular complexity index is 742. The second-order valence-corrected chi connectivity index (χ2v) is 7.47. The molecule has 3 rings (SSSR count). The van der Waals surface area contributed by atoms with Crippen LogP contribution in [0.3, 0.4) is 0 Å². The Kier molecular flexibility index (Phi) is 7.09. The summed E-state index contributed by atoms with van der Waals surface area (Å²) in [5.74, 6) is 0.554. The number of benzene rings is 1. The van der Waals surface area contributed by atoms with E-state index in [0.717, 1.165) is 30.9 Å². The predicted octanol–water partition coefficient (Wildman–Crippen LogP) is 3.80. The highest BCUT2D eigenvalue weighted by Gasteiger charge is 2.26. The lowest BCUT2D eigenvalue weighted by Crippen LogP contribution is -2.48. The van der Waals surface area contributed by atoms with Gasteiger partial charge in [0.05, 0.1) is 23.1 Å². The fourth-order valence-corrected chi connectivity index (χ4v) is 3.48. The van der Waals surface area contributed by atoms with E-state index >= 15 is 0 Å². The minimum atomic E-state index is -0.0392. The standard InChI is InChI=1S/C19H25ClN4O.ClH/c1-12(2)18-16(19(25)23-17-8-9-21-10-13(17)3)11-22-24(18)15-6-4-14(20)5-7-15;/h4-7,11-13,17,21H,8-10H2,1-3H3,(H,23,25);1H. The minimum absolute atomic E-state index is 0. The van der Waals surface area contributed by atoms with E-state index in [4.69, 9.17) is 11.6 Å². The molecule has 2 atom stereocenters. The van der Waals surface area contributed by atoms with Crippen molar-refractivity contribution in [1.82, 2.24) is 20.4 Å². The van der Waals surface area contributed by atoms with Crippen LogP contribution in [0, 0.1) is 5.92 Å². The van der Waals surface area contributed by atoms with Gasteiger partial charge in [-0.2, -0.15) is 5.10 Å². The molecule has 0 spiro atoms. The number of hydrogen-bond acceptors (Lipinski definition) is 3. The van der Waals surface area contributed by atoms with E-state index in [0.29, 0.717) is 16.5 Å². The van der Waals surface area contributed by atoms with Gasteiger partial charge in [-0.25, -0.2) is 4.68 Å². The van der Waals surface area contributed by atoms with Crippen molar-refractivity contribution in [2.75, 3.05) is 13.1 Å². The molecule has 2 N–H and O–H groups in total. The van der Waals surface area contributed by atoms with Gasteiger partial charge in [0, 0.05) is 11.1 Å². The van der Waals surface area contributed by atoms with Crippen molar-refractivity contribution >= 4 is 29.9 Å². The average molecular weight is 397 g/mol. The Balaban J connectivity index is 0.00000243. The largest absolute Gasteiger partial charge is 0.349 e. The van der Waals surface area contributed by atoms with Crippen molar-refractivity contribution in [2.24, 2.45) is 5.92 Å². The van der Waals surface area contributed by atoms with Gasteiger partial charge in [0.25, 0.3) is 5.91 Å². The van der Waals surface area contributed by atoms with Crippen molar-refractivity contribution < 1.29 is 4.79 Å². The SMILES string of the molecule is CC(C)c1c(C(=O)NC2CCNCC2C)cnn1-c1ccc(Cl)cc1.Cl. The zero-order valence-corrected chi connectivity index (χ0v) is 16.9. The molecule has 7 heteroatoms. The summed E-state index contributed by atoms with van der Waals surface area (Å²) in [5.41, 5.74) is 2.47. The molecule has 1 aliphatic heterocycles. The summed E-state index contributed by atoms with van der Waals surface area (Å²) in [6.07, 6.45) is 2.63. The number of nitrogens with zero attached hydrogens (tertiary/aromatic N) is 2. The van der Waals surface area contributed by atoms with Gasteiger partial charge in [-0.15, -0.1) is 12.4 Å². The fourth-order valence-electron chi connectivity index (χ4n) is 3.35. The summed E-state index contributed by atoms with van der Waals surface area (Å²) < 4.78 is 1.84. The molecule has 142 valence electrons. The molecule has 1 aliphatic rings. The van der Waals surface area contributed by atoms with Crippen LogP contribution in [0.25, 0.3) is 5.69 Å². The van der Waals surface area contributed by atoms with E-state index in [-0.39, 0.29) is 30.3 Å². The molecule has 0 bridgehead atoms. The molecule has 1 aromatic heterocycles. The average Bonchev–Trinajstić information content (AvgIpc) is 3.03. The lowest BCUT2D eigenvalue weighted by Gasteiger charge is -2.30. The summed E-state index contributed by atoms with van der Waals surface area (Å²) in [6, 6.07) is 7.70. The van der Waals surface area contributed by atoms with Crippen molar-refractivity contribution in [1.29, 1.82) is 0 Å². The van der Waals surface area contributed by atoms with Gasteiger partial charge in [-0.1, -0.05) is 32.4 Å².